The molecule has 29 heavy (non-hydrogen) atoms. The molecule has 0 unspecified atom stereocenters. The second-order valence-electron chi connectivity index (χ2n) is 5.29. The highest BCUT2D eigenvalue weighted by atomic mass is 128. The average molecular weight is 621 g/mol. The lowest BCUT2D eigenvalue weighted by Crippen LogP contribution is -1.78. The van der Waals surface area contributed by atoms with Gasteiger partial charge in [0.25, 0.3) is 0 Å². The van der Waals surface area contributed by atoms with Crippen LogP contribution in [-0.2, 0) is 12.8 Å². The second-order valence-corrected chi connectivity index (χ2v) is 5.29. The van der Waals surface area contributed by atoms with Gasteiger partial charge >= 0.3 is 0 Å². The first kappa shape index (κ1) is 29.8. The molecule has 0 aliphatic rings. The minimum absolute atomic E-state index is 0. The van der Waals surface area contributed by atoms with Gasteiger partial charge in [-0.2, -0.15) is 0 Å². The van der Waals surface area contributed by atoms with Gasteiger partial charge in [-0.25, -0.2) is 4.98 Å². The summed E-state index contributed by atoms with van der Waals surface area (Å²) in [7, 11) is 0. The van der Waals surface area contributed by atoms with E-state index in [9.17, 15) is 0 Å². The van der Waals surface area contributed by atoms with Crippen LogP contribution in [0, 0.1) is 0 Å². The van der Waals surface area contributed by atoms with E-state index >= 15 is 0 Å². The predicted octanol–water partition coefficient (Wildman–Crippen LogP) is 8.80. The fraction of sp³-hybridized carbons (Fsp3) is 0.292. The molecule has 160 valence electrons. The maximum Gasteiger partial charge on any atom is 0.218 e. The van der Waals surface area contributed by atoms with E-state index < -0.39 is 0 Å². The van der Waals surface area contributed by atoms with Crippen LogP contribution in [0.25, 0.3) is 12.2 Å². The maximum absolute atomic E-state index is 8.85. The van der Waals surface area contributed by atoms with Gasteiger partial charge in [0, 0.05) is 43.3 Å². The zero-order valence-electron chi connectivity index (χ0n) is 16.9. The Hall–Kier alpha value is -1.35. The van der Waals surface area contributed by atoms with Crippen LogP contribution in [-0.4, -0.2) is 10.1 Å². The van der Waals surface area contributed by atoms with Gasteiger partial charge in [-0.15, -0.1) is 0 Å². The van der Waals surface area contributed by atoms with Gasteiger partial charge in [0.05, 0.1) is 5.69 Å². The van der Waals surface area contributed by atoms with Gasteiger partial charge < -0.3 is 9.52 Å². The second kappa shape index (κ2) is 19.9. The van der Waals surface area contributed by atoms with E-state index in [2.05, 4.69) is 56.1 Å². The number of aromatic hydroxyl groups is 1. The molecule has 0 aliphatic heterocycles. The van der Waals surface area contributed by atoms with Crippen LogP contribution < -0.4 is 0 Å². The zero-order chi connectivity index (χ0) is 21.2. The number of aromatic nitrogens is 1. The number of hydrogen-bond donors (Lipinski definition) is 1. The molecule has 5 heteroatoms. The molecule has 0 aliphatic carbocycles. The van der Waals surface area contributed by atoms with Crippen LogP contribution in [0.5, 0.6) is 5.75 Å². The Labute approximate surface area is 200 Å². The van der Waals surface area contributed by atoms with Crippen molar-refractivity contribution in [3.8, 4) is 5.75 Å². The molecule has 3 rings (SSSR count). The Bertz CT molecular complexity index is 754. The molecule has 3 nitrogen and oxygen atoms in total. The lowest BCUT2D eigenvalue weighted by Gasteiger charge is -1.93. The Kier molecular flexibility index (Phi) is 20.5. The molecular formula is C24H33I2NO2. The Morgan fingerprint density at radius 2 is 1.48 bits per heavy atom. The lowest BCUT2D eigenvalue weighted by atomic mass is 10.2. The van der Waals surface area contributed by atoms with Gasteiger partial charge in [0.1, 0.15) is 12.0 Å². The Morgan fingerprint density at radius 3 is 1.97 bits per heavy atom. The normalized spacial score (nSPS) is 9.03. The van der Waals surface area contributed by atoms with Crippen molar-refractivity contribution in [2.75, 3.05) is 0 Å². The molecular weight excluding hydrogens is 588 g/mol. The molecule has 1 aromatic heterocycles. The summed E-state index contributed by atoms with van der Waals surface area (Å²) in [6, 6.07) is 17.4. The molecule has 0 atom stereocenters. The Balaban J connectivity index is 0. The van der Waals surface area contributed by atoms with Crippen molar-refractivity contribution in [3.63, 3.8) is 0 Å². The molecule has 0 amide bonds. The van der Waals surface area contributed by atoms with E-state index in [4.69, 9.17) is 9.52 Å². The topological polar surface area (TPSA) is 46.3 Å². The van der Waals surface area contributed by atoms with Crippen LogP contribution >= 0.6 is 37.2 Å². The number of aryl methyl sites for hydroxylation is 2. The summed E-state index contributed by atoms with van der Waals surface area (Å²) < 4.78 is 5.28. The molecule has 0 saturated carbocycles. The van der Waals surface area contributed by atoms with E-state index in [1.807, 2.05) is 68.5 Å². The van der Waals surface area contributed by atoms with Gasteiger partial charge in [-0.3, -0.25) is 0 Å². The Morgan fingerprint density at radius 1 is 0.897 bits per heavy atom. The molecule has 3 aromatic rings. The summed E-state index contributed by atoms with van der Waals surface area (Å²) >= 11 is 4.24. The van der Waals surface area contributed by atoms with E-state index in [0.717, 1.165) is 24.1 Å². The van der Waals surface area contributed by atoms with E-state index in [1.54, 1.807) is 18.4 Å². The fourth-order valence-electron chi connectivity index (χ4n) is 2.02. The van der Waals surface area contributed by atoms with Gasteiger partial charge in [0.15, 0.2) is 0 Å². The van der Waals surface area contributed by atoms with Gasteiger partial charge in [-0.05, 0) is 42.2 Å². The number of phenols is 1. The molecule has 2 aromatic carbocycles. The lowest BCUT2D eigenvalue weighted by molar-refractivity contribution is 0.475. The summed E-state index contributed by atoms with van der Waals surface area (Å²) in [6.45, 7) is 8.15. The van der Waals surface area contributed by atoms with Crippen molar-refractivity contribution in [2.24, 2.45) is 0 Å². The summed E-state index contributed by atoms with van der Waals surface area (Å²) in [6.07, 6.45) is 7.51. The number of phenolic OH excluding ortho intramolecular Hbond substituents is 1. The largest absolute Gasteiger partial charge is 0.508 e. The SMILES string of the molecule is C.CC.CCc1ccc(O)cc1.CCc1coc(C=Cc2ccccc2)n1.II. The third-order valence-corrected chi connectivity index (χ3v) is 3.49. The minimum Gasteiger partial charge on any atom is -0.508 e. The van der Waals surface area contributed by atoms with Crippen molar-refractivity contribution in [1.29, 1.82) is 0 Å². The molecule has 0 fully saturated rings. The van der Waals surface area contributed by atoms with Crippen LogP contribution in [0.4, 0.5) is 0 Å². The number of rotatable bonds is 4. The van der Waals surface area contributed by atoms with Crippen molar-refractivity contribution < 1.29 is 9.52 Å². The first-order valence-corrected chi connectivity index (χ1v) is 15.6. The number of halogens is 2. The molecule has 0 radical (unpaired) electrons. The van der Waals surface area contributed by atoms with Crippen LogP contribution in [0.2, 0.25) is 0 Å². The summed E-state index contributed by atoms with van der Waals surface area (Å²) in [5, 5.41) is 8.85. The highest BCUT2D eigenvalue weighted by Crippen LogP contribution is 2.09. The highest BCUT2D eigenvalue weighted by molar-refractivity contribution is 15.0. The van der Waals surface area contributed by atoms with Crippen molar-refractivity contribution >= 4 is 49.4 Å². The predicted molar refractivity (Wildman–Crippen MR) is 145 cm³/mol. The van der Waals surface area contributed by atoms with Crippen LogP contribution in [0.15, 0.2) is 65.3 Å². The summed E-state index contributed by atoms with van der Waals surface area (Å²) in [5.74, 6) is 1.00. The van der Waals surface area contributed by atoms with E-state index in [1.165, 1.54) is 5.56 Å². The average Bonchev–Trinajstić information content (AvgIpc) is 3.25. The molecule has 1 N–H and O–H groups in total. The fourth-order valence-corrected chi connectivity index (χ4v) is 2.02. The summed E-state index contributed by atoms with van der Waals surface area (Å²) in [4.78, 5) is 4.29. The van der Waals surface area contributed by atoms with Crippen molar-refractivity contribution in [3.05, 3.63) is 83.6 Å². The number of nitrogens with zero attached hydrogens (tertiary/aromatic N) is 1. The third kappa shape index (κ3) is 13.5. The van der Waals surface area contributed by atoms with E-state index in [-0.39, 0.29) is 7.43 Å². The molecule has 0 saturated heterocycles. The quantitative estimate of drug-likeness (QED) is 0.297. The van der Waals surface area contributed by atoms with Gasteiger partial charge in [0.2, 0.25) is 5.89 Å². The monoisotopic (exact) mass is 621 g/mol. The van der Waals surface area contributed by atoms with Crippen LogP contribution in [0.3, 0.4) is 0 Å². The smallest absolute Gasteiger partial charge is 0.218 e. The van der Waals surface area contributed by atoms with E-state index in [0.29, 0.717) is 11.6 Å². The van der Waals surface area contributed by atoms with Crippen LogP contribution in [0.1, 0.15) is 57.8 Å². The molecule has 1 heterocycles. The third-order valence-electron chi connectivity index (χ3n) is 3.49. The maximum atomic E-state index is 8.85. The van der Waals surface area contributed by atoms with Crippen molar-refractivity contribution in [2.45, 2.75) is 48.0 Å². The number of hydrogen-bond acceptors (Lipinski definition) is 3. The minimum atomic E-state index is 0. The van der Waals surface area contributed by atoms with Gasteiger partial charge in [-0.1, -0.05) is 77.6 Å². The summed E-state index contributed by atoms with van der Waals surface area (Å²) in [5.41, 5.74) is 3.39. The zero-order valence-corrected chi connectivity index (χ0v) is 21.2. The molecule has 0 bridgehead atoms. The number of benzene rings is 2. The molecule has 0 spiro atoms. The standard InChI is InChI=1S/C13H13NO.C8H10O.C2H6.CH4.I2/c1-2-12-10-15-13(14-12)9-8-11-6-4-3-5-7-11;1-2-7-3-5-8(9)6-4-7;1-2;;1-2/h3-10H,2H2,1H3;3-6,9H,2H2,1H3;1-2H3;1H4;. The van der Waals surface area contributed by atoms with Crippen molar-refractivity contribution in [1.82, 2.24) is 4.98 Å². The number of oxazole rings is 1. The first-order valence-electron chi connectivity index (χ1n) is 9.31. The first-order chi connectivity index (χ1) is 13.7. The highest BCUT2D eigenvalue weighted by Gasteiger charge is 1.97.